The fraction of sp³-hybridized carbons (Fsp3) is 0.333. The van der Waals surface area contributed by atoms with Crippen LogP contribution in [0.15, 0.2) is 12.4 Å². The molecule has 0 amide bonds. The molecule has 0 aromatic carbocycles. The molecule has 0 saturated heterocycles. The van der Waals surface area contributed by atoms with E-state index in [1.54, 1.807) is 12.4 Å². The first-order valence-corrected chi connectivity index (χ1v) is 4.10. The lowest BCUT2D eigenvalue weighted by atomic mass is 10.2. The van der Waals surface area contributed by atoms with Crippen molar-refractivity contribution >= 4 is 11.6 Å². The lowest BCUT2D eigenvalue weighted by molar-refractivity contribution is 0.795. The fourth-order valence-corrected chi connectivity index (χ4v) is 0.914. The van der Waals surface area contributed by atoms with Gasteiger partial charge in [0.25, 0.3) is 0 Å². The fourth-order valence-electron chi connectivity index (χ4n) is 0.817. The van der Waals surface area contributed by atoms with Gasteiger partial charge in [-0.05, 0) is 6.42 Å². The second-order valence-electron chi connectivity index (χ2n) is 2.38. The number of rotatable bonds is 3. The summed E-state index contributed by atoms with van der Waals surface area (Å²) in [4.78, 5) is 8.08. The van der Waals surface area contributed by atoms with Crippen molar-refractivity contribution in [3.8, 4) is 12.3 Å². The molecule has 0 bridgehead atoms. The van der Waals surface area contributed by atoms with Crippen molar-refractivity contribution in [2.75, 3.05) is 0 Å². The summed E-state index contributed by atoms with van der Waals surface area (Å²) in [5, 5.41) is 0.565. The van der Waals surface area contributed by atoms with Crippen LogP contribution in [-0.2, 0) is 6.42 Å². The molecule has 0 aliphatic carbocycles. The second kappa shape index (κ2) is 4.74. The summed E-state index contributed by atoms with van der Waals surface area (Å²) in [5.74, 6) is 3.37. The Kier molecular flexibility index (Phi) is 3.56. The van der Waals surface area contributed by atoms with Gasteiger partial charge in [0, 0.05) is 25.2 Å². The first kappa shape index (κ1) is 9.02. The first-order valence-electron chi connectivity index (χ1n) is 3.73. The van der Waals surface area contributed by atoms with E-state index in [0.717, 1.165) is 25.1 Å². The molecule has 1 heterocycles. The van der Waals surface area contributed by atoms with Gasteiger partial charge in [0.2, 0.25) is 0 Å². The van der Waals surface area contributed by atoms with Crippen LogP contribution in [0.1, 0.15) is 18.7 Å². The Hall–Kier alpha value is -1.07. The summed E-state index contributed by atoms with van der Waals surface area (Å²) in [6.45, 7) is 0. The lowest BCUT2D eigenvalue weighted by Gasteiger charge is -1.95. The lowest BCUT2D eigenvalue weighted by Crippen LogP contribution is -1.93. The monoisotopic (exact) mass is 180 g/mol. The van der Waals surface area contributed by atoms with Crippen LogP contribution < -0.4 is 0 Å². The Morgan fingerprint density at radius 1 is 1.42 bits per heavy atom. The molecule has 0 unspecified atom stereocenters. The predicted octanol–water partition coefficient (Wildman–Crippen LogP) is 2.09. The van der Waals surface area contributed by atoms with Crippen LogP contribution in [-0.4, -0.2) is 9.97 Å². The van der Waals surface area contributed by atoms with E-state index in [0.29, 0.717) is 5.02 Å². The summed E-state index contributed by atoms with van der Waals surface area (Å²) >= 11 is 5.62. The van der Waals surface area contributed by atoms with E-state index in [2.05, 4.69) is 15.9 Å². The summed E-state index contributed by atoms with van der Waals surface area (Å²) in [6.07, 6.45) is 10.8. The number of hydrogen-bond donors (Lipinski definition) is 0. The molecule has 0 spiro atoms. The van der Waals surface area contributed by atoms with E-state index < -0.39 is 0 Å². The summed E-state index contributed by atoms with van der Waals surface area (Å²) in [7, 11) is 0. The highest BCUT2D eigenvalue weighted by Crippen LogP contribution is 2.04. The van der Waals surface area contributed by atoms with E-state index in [9.17, 15) is 0 Å². The van der Waals surface area contributed by atoms with Crippen molar-refractivity contribution in [2.45, 2.75) is 19.3 Å². The zero-order valence-corrected chi connectivity index (χ0v) is 7.38. The average molecular weight is 181 g/mol. The van der Waals surface area contributed by atoms with Crippen LogP contribution >= 0.6 is 11.6 Å². The zero-order valence-electron chi connectivity index (χ0n) is 6.63. The highest BCUT2D eigenvalue weighted by Gasteiger charge is 1.94. The Balaban J connectivity index is 2.43. The number of aromatic nitrogens is 2. The first-order chi connectivity index (χ1) is 5.83. The highest BCUT2D eigenvalue weighted by molar-refractivity contribution is 6.30. The smallest absolute Gasteiger partial charge is 0.128 e. The Bertz CT molecular complexity index is 274. The minimum Gasteiger partial charge on any atom is -0.240 e. The summed E-state index contributed by atoms with van der Waals surface area (Å²) < 4.78 is 0. The molecule has 12 heavy (non-hydrogen) atoms. The number of halogens is 1. The van der Waals surface area contributed by atoms with E-state index in [-0.39, 0.29) is 0 Å². The van der Waals surface area contributed by atoms with Crippen LogP contribution in [0.2, 0.25) is 5.02 Å². The molecule has 1 aromatic rings. The molecule has 0 N–H and O–H groups in total. The van der Waals surface area contributed by atoms with Crippen molar-refractivity contribution in [2.24, 2.45) is 0 Å². The number of aryl methyl sites for hydroxylation is 1. The maximum absolute atomic E-state index is 5.62. The molecule has 0 radical (unpaired) electrons. The number of hydrogen-bond acceptors (Lipinski definition) is 2. The predicted molar refractivity (Wildman–Crippen MR) is 48.8 cm³/mol. The van der Waals surface area contributed by atoms with Gasteiger partial charge >= 0.3 is 0 Å². The molecule has 3 heteroatoms. The summed E-state index contributed by atoms with van der Waals surface area (Å²) in [6, 6.07) is 0. The second-order valence-corrected chi connectivity index (χ2v) is 2.81. The molecule has 0 atom stereocenters. The standard InChI is InChI=1S/C9H9ClN2/c1-2-3-4-5-9-11-6-8(10)7-12-9/h1,6-7H,3-5H2. The van der Waals surface area contributed by atoms with Gasteiger partial charge in [0.15, 0.2) is 0 Å². The topological polar surface area (TPSA) is 25.8 Å². The Labute approximate surface area is 77.0 Å². The molecule has 62 valence electrons. The van der Waals surface area contributed by atoms with Gasteiger partial charge in [0.1, 0.15) is 5.82 Å². The van der Waals surface area contributed by atoms with Crippen LogP contribution in [0, 0.1) is 12.3 Å². The third-order valence-electron chi connectivity index (χ3n) is 1.40. The number of terminal acetylenes is 1. The van der Waals surface area contributed by atoms with Crippen molar-refractivity contribution in [3.63, 3.8) is 0 Å². The van der Waals surface area contributed by atoms with Gasteiger partial charge in [0.05, 0.1) is 5.02 Å². The van der Waals surface area contributed by atoms with Crippen LogP contribution in [0.3, 0.4) is 0 Å². The average Bonchev–Trinajstić information content (AvgIpc) is 2.09. The van der Waals surface area contributed by atoms with Crippen molar-refractivity contribution in [1.82, 2.24) is 9.97 Å². The quantitative estimate of drug-likeness (QED) is 0.526. The van der Waals surface area contributed by atoms with Crippen molar-refractivity contribution in [1.29, 1.82) is 0 Å². The SMILES string of the molecule is C#CCCCc1ncc(Cl)cn1. The number of nitrogens with zero attached hydrogens (tertiary/aromatic N) is 2. The van der Waals surface area contributed by atoms with E-state index in [1.807, 2.05) is 0 Å². The molecular formula is C9H9ClN2. The largest absolute Gasteiger partial charge is 0.240 e. The maximum atomic E-state index is 5.62. The molecule has 1 aromatic heterocycles. The van der Waals surface area contributed by atoms with Crippen LogP contribution in [0.4, 0.5) is 0 Å². The Morgan fingerprint density at radius 3 is 2.67 bits per heavy atom. The minimum atomic E-state index is 0.565. The van der Waals surface area contributed by atoms with Crippen molar-refractivity contribution < 1.29 is 0 Å². The normalized spacial score (nSPS) is 9.33. The van der Waals surface area contributed by atoms with Crippen molar-refractivity contribution in [3.05, 3.63) is 23.2 Å². The van der Waals surface area contributed by atoms with Gasteiger partial charge < -0.3 is 0 Å². The Morgan fingerprint density at radius 2 is 2.08 bits per heavy atom. The zero-order chi connectivity index (χ0) is 8.81. The highest BCUT2D eigenvalue weighted by atomic mass is 35.5. The maximum Gasteiger partial charge on any atom is 0.128 e. The van der Waals surface area contributed by atoms with E-state index >= 15 is 0 Å². The van der Waals surface area contributed by atoms with Gasteiger partial charge in [-0.15, -0.1) is 12.3 Å². The van der Waals surface area contributed by atoms with E-state index in [1.165, 1.54) is 0 Å². The van der Waals surface area contributed by atoms with Gasteiger partial charge in [-0.25, -0.2) is 9.97 Å². The van der Waals surface area contributed by atoms with Crippen LogP contribution in [0.5, 0.6) is 0 Å². The van der Waals surface area contributed by atoms with E-state index in [4.69, 9.17) is 18.0 Å². The third-order valence-corrected chi connectivity index (χ3v) is 1.59. The van der Waals surface area contributed by atoms with Gasteiger partial charge in [-0.1, -0.05) is 11.6 Å². The van der Waals surface area contributed by atoms with Gasteiger partial charge in [-0.3, -0.25) is 0 Å². The molecular weight excluding hydrogens is 172 g/mol. The minimum absolute atomic E-state index is 0.565. The molecule has 0 saturated carbocycles. The molecule has 0 fully saturated rings. The summed E-state index contributed by atoms with van der Waals surface area (Å²) in [5.41, 5.74) is 0. The molecule has 1 rings (SSSR count). The molecule has 0 aliphatic heterocycles. The number of unbranched alkanes of at least 4 members (excludes halogenated alkanes) is 1. The van der Waals surface area contributed by atoms with Crippen LogP contribution in [0.25, 0.3) is 0 Å². The molecule has 2 nitrogen and oxygen atoms in total. The molecule has 0 aliphatic rings. The third kappa shape index (κ3) is 2.89. The van der Waals surface area contributed by atoms with Gasteiger partial charge in [-0.2, -0.15) is 0 Å².